The largest absolute Gasteiger partial charge is 0.493 e. The van der Waals surface area contributed by atoms with Crippen LogP contribution in [0.2, 0.25) is 0 Å². The molecule has 1 saturated heterocycles. The van der Waals surface area contributed by atoms with Gasteiger partial charge in [-0.3, -0.25) is 0 Å². The zero-order valence-corrected chi connectivity index (χ0v) is 19.4. The Labute approximate surface area is 189 Å². The van der Waals surface area contributed by atoms with E-state index < -0.39 is 0 Å². The van der Waals surface area contributed by atoms with Crippen LogP contribution in [0.1, 0.15) is 49.0 Å². The number of carbonyl (C=O) groups is 1. The lowest BCUT2D eigenvalue weighted by molar-refractivity contribution is -0.133. The Bertz CT molecular complexity index is 969. The highest BCUT2D eigenvalue weighted by Gasteiger charge is 2.38. The molecule has 2 aliphatic heterocycles. The standard InChI is InChI=1S/C22H24O6.C4H8/c1-4-22(11-26-12-22)13-28-19-16(7-8-18(24-2)20(19)25-3)14-5-6-17-15(9-14)10-27-21(17)23;1-4-2-3-4/h5-9H,4,10-13H2,1-3H3;4H,2-3H2,1H3. The van der Waals surface area contributed by atoms with Crippen LogP contribution < -0.4 is 14.2 Å². The fraction of sp³-hybridized carbons (Fsp3) is 0.500. The van der Waals surface area contributed by atoms with Gasteiger partial charge in [0.1, 0.15) is 6.61 Å². The third-order valence-corrected chi connectivity index (χ3v) is 6.45. The predicted molar refractivity (Wildman–Crippen MR) is 122 cm³/mol. The highest BCUT2D eigenvalue weighted by molar-refractivity contribution is 5.94. The normalized spacial score (nSPS) is 17.9. The van der Waals surface area contributed by atoms with Crippen LogP contribution in [-0.4, -0.2) is 40.0 Å². The van der Waals surface area contributed by atoms with Gasteiger partial charge in [-0.1, -0.05) is 32.8 Å². The molecule has 2 aromatic carbocycles. The molecule has 1 saturated carbocycles. The molecular formula is C26H32O6. The van der Waals surface area contributed by atoms with Crippen LogP contribution in [-0.2, 0) is 16.1 Å². The SMILES string of the molecule is CC1CC1.CCC1(COc2c(-c3ccc4c(c3)COC4=O)ccc(OC)c2OC)COC1. The van der Waals surface area contributed by atoms with E-state index in [2.05, 4.69) is 13.8 Å². The molecule has 6 nitrogen and oxygen atoms in total. The van der Waals surface area contributed by atoms with E-state index in [1.165, 1.54) is 12.8 Å². The van der Waals surface area contributed by atoms with Crippen LogP contribution in [0, 0.1) is 11.3 Å². The number of esters is 1. The zero-order chi connectivity index (χ0) is 22.7. The molecule has 1 aliphatic carbocycles. The van der Waals surface area contributed by atoms with Gasteiger partial charge >= 0.3 is 5.97 Å². The number of carbonyl (C=O) groups excluding carboxylic acids is 1. The Balaban J connectivity index is 0.000000552. The highest BCUT2D eigenvalue weighted by atomic mass is 16.5. The monoisotopic (exact) mass is 440 g/mol. The molecule has 0 aromatic heterocycles. The second-order valence-corrected chi connectivity index (χ2v) is 8.94. The summed E-state index contributed by atoms with van der Waals surface area (Å²) in [6.07, 6.45) is 3.95. The van der Waals surface area contributed by atoms with E-state index in [1.807, 2.05) is 24.3 Å². The molecule has 0 radical (unpaired) electrons. The summed E-state index contributed by atoms with van der Waals surface area (Å²) in [6.45, 7) is 6.65. The minimum absolute atomic E-state index is 0.0313. The molecule has 2 fully saturated rings. The van der Waals surface area contributed by atoms with E-state index in [0.717, 1.165) is 29.0 Å². The quantitative estimate of drug-likeness (QED) is 0.547. The van der Waals surface area contributed by atoms with Crippen molar-refractivity contribution in [1.29, 1.82) is 0 Å². The van der Waals surface area contributed by atoms with E-state index in [4.69, 9.17) is 23.7 Å². The lowest BCUT2D eigenvalue weighted by atomic mass is 9.84. The molecule has 0 amide bonds. The second-order valence-electron chi connectivity index (χ2n) is 8.94. The van der Waals surface area contributed by atoms with Crippen molar-refractivity contribution in [3.8, 4) is 28.4 Å². The first-order valence-corrected chi connectivity index (χ1v) is 11.3. The number of cyclic esters (lactones) is 1. The molecule has 0 unspecified atom stereocenters. The summed E-state index contributed by atoms with van der Waals surface area (Å²) in [6, 6.07) is 9.48. The molecule has 5 rings (SSSR count). The van der Waals surface area contributed by atoms with Crippen LogP contribution in [0.3, 0.4) is 0 Å². The third kappa shape index (κ3) is 4.56. The molecule has 172 valence electrons. The lowest BCUT2D eigenvalue weighted by Gasteiger charge is -2.40. The summed E-state index contributed by atoms with van der Waals surface area (Å²) in [5, 5.41) is 0. The van der Waals surface area contributed by atoms with Crippen molar-refractivity contribution in [1.82, 2.24) is 0 Å². The van der Waals surface area contributed by atoms with Gasteiger partial charge in [-0.2, -0.15) is 0 Å². The van der Waals surface area contributed by atoms with Gasteiger partial charge in [-0.05, 0) is 42.2 Å². The van der Waals surface area contributed by atoms with Crippen molar-refractivity contribution in [2.75, 3.05) is 34.0 Å². The predicted octanol–water partition coefficient (Wildman–Crippen LogP) is 5.26. The summed E-state index contributed by atoms with van der Waals surface area (Å²) in [7, 11) is 3.21. The number of rotatable bonds is 7. The van der Waals surface area contributed by atoms with E-state index in [-0.39, 0.29) is 11.4 Å². The number of hydrogen-bond donors (Lipinski definition) is 0. The second kappa shape index (κ2) is 9.41. The molecule has 0 bridgehead atoms. The van der Waals surface area contributed by atoms with Crippen LogP contribution in [0.15, 0.2) is 30.3 Å². The smallest absolute Gasteiger partial charge is 0.338 e. The summed E-state index contributed by atoms with van der Waals surface area (Å²) in [5.74, 6) is 2.60. The van der Waals surface area contributed by atoms with Crippen molar-refractivity contribution in [3.63, 3.8) is 0 Å². The Morgan fingerprint density at radius 3 is 2.31 bits per heavy atom. The maximum atomic E-state index is 11.8. The van der Waals surface area contributed by atoms with E-state index in [9.17, 15) is 4.79 Å². The minimum Gasteiger partial charge on any atom is -0.493 e. The van der Waals surface area contributed by atoms with E-state index in [0.29, 0.717) is 49.2 Å². The Morgan fingerprint density at radius 2 is 1.75 bits per heavy atom. The topological polar surface area (TPSA) is 63.2 Å². The average Bonchev–Trinajstić information content (AvgIpc) is 3.49. The van der Waals surface area contributed by atoms with Crippen molar-refractivity contribution in [3.05, 3.63) is 41.5 Å². The summed E-state index contributed by atoms with van der Waals surface area (Å²) in [4.78, 5) is 11.8. The van der Waals surface area contributed by atoms with Gasteiger partial charge in [-0.25, -0.2) is 4.79 Å². The van der Waals surface area contributed by atoms with Crippen molar-refractivity contribution in [2.45, 2.75) is 39.7 Å². The first kappa shape index (κ1) is 22.5. The molecule has 6 heteroatoms. The maximum absolute atomic E-state index is 11.8. The van der Waals surface area contributed by atoms with Gasteiger partial charge in [0.25, 0.3) is 0 Å². The van der Waals surface area contributed by atoms with Gasteiger partial charge in [-0.15, -0.1) is 0 Å². The summed E-state index contributed by atoms with van der Waals surface area (Å²) in [5.41, 5.74) is 3.34. The van der Waals surface area contributed by atoms with Crippen molar-refractivity contribution < 1.29 is 28.5 Å². The molecular weight excluding hydrogens is 408 g/mol. The van der Waals surface area contributed by atoms with Crippen LogP contribution in [0.4, 0.5) is 0 Å². The Kier molecular flexibility index (Phi) is 6.60. The number of hydrogen-bond acceptors (Lipinski definition) is 6. The van der Waals surface area contributed by atoms with Gasteiger partial charge in [0.05, 0.1) is 45.0 Å². The van der Waals surface area contributed by atoms with Gasteiger partial charge in [0, 0.05) is 11.1 Å². The zero-order valence-electron chi connectivity index (χ0n) is 19.4. The van der Waals surface area contributed by atoms with Crippen LogP contribution in [0.25, 0.3) is 11.1 Å². The number of methoxy groups -OCH3 is 2. The minimum atomic E-state index is -0.278. The maximum Gasteiger partial charge on any atom is 0.338 e. The molecule has 0 N–H and O–H groups in total. The number of fused-ring (bicyclic) bond motifs is 1. The van der Waals surface area contributed by atoms with Gasteiger partial charge in [0.2, 0.25) is 5.75 Å². The van der Waals surface area contributed by atoms with E-state index >= 15 is 0 Å². The first-order valence-electron chi connectivity index (χ1n) is 11.3. The lowest BCUT2D eigenvalue weighted by Crippen LogP contribution is -2.46. The van der Waals surface area contributed by atoms with E-state index in [1.54, 1.807) is 20.3 Å². The van der Waals surface area contributed by atoms with Crippen molar-refractivity contribution in [2.24, 2.45) is 11.3 Å². The number of benzene rings is 2. The third-order valence-electron chi connectivity index (χ3n) is 6.45. The summed E-state index contributed by atoms with van der Waals surface area (Å²) < 4.78 is 27.9. The summed E-state index contributed by atoms with van der Waals surface area (Å²) >= 11 is 0. The van der Waals surface area contributed by atoms with Crippen LogP contribution >= 0.6 is 0 Å². The molecule has 2 aromatic rings. The molecule has 32 heavy (non-hydrogen) atoms. The Morgan fingerprint density at radius 1 is 1.03 bits per heavy atom. The Hall–Kier alpha value is -2.73. The van der Waals surface area contributed by atoms with Gasteiger partial charge < -0.3 is 23.7 Å². The van der Waals surface area contributed by atoms with Crippen molar-refractivity contribution >= 4 is 5.97 Å². The first-order chi connectivity index (χ1) is 15.5. The molecule has 0 atom stereocenters. The number of ether oxygens (including phenoxy) is 5. The fourth-order valence-corrected chi connectivity index (χ4v) is 3.74. The van der Waals surface area contributed by atoms with Gasteiger partial charge in [0.15, 0.2) is 11.5 Å². The molecule has 3 aliphatic rings. The molecule has 2 heterocycles. The van der Waals surface area contributed by atoms with Crippen LogP contribution in [0.5, 0.6) is 17.2 Å². The molecule has 0 spiro atoms. The highest BCUT2D eigenvalue weighted by Crippen LogP contribution is 2.46. The average molecular weight is 441 g/mol. The fourth-order valence-electron chi connectivity index (χ4n) is 3.74.